The molecular formula is C27H33F3N6O2. The molecule has 1 aromatic carbocycles. The minimum Gasteiger partial charge on any atom is -0.341 e. The van der Waals surface area contributed by atoms with Gasteiger partial charge in [-0.25, -0.2) is 4.98 Å². The molecule has 0 atom stereocenters. The summed E-state index contributed by atoms with van der Waals surface area (Å²) in [6.45, 7) is 10.2. The Morgan fingerprint density at radius 1 is 1.13 bits per heavy atom. The van der Waals surface area contributed by atoms with Gasteiger partial charge in [0, 0.05) is 35.9 Å². The van der Waals surface area contributed by atoms with E-state index in [1.165, 1.54) is 6.07 Å². The summed E-state index contributed by atoms with van der Waals surface area (Å²) in [7, 11) is 0. The third kappa shape index (κ3) is 6.15. The van der Waals surface area contributed by atoms with Crippen molar-refractivity contribution in [3.05, 3.63) is 54.0 Å². The number of rotatable bonds is 8. The molecule has 0 bridgehead atoms. The Morgan fingerprint density at radius 2 is 1.87 bits per heavy atom. The van der Waals surface area contributed by atoms with Gasteiger partial charge < -0.3 is 10.2 Å². The molecule has 0 unspecified atom stereocenters. The van der Waals surface area contributed by atoms with Gasteiger partial charge in [0.05, 0.1) is 5.52 Å². The second-order valence-electron chi connectivity index (χ2n) is 9.92. The molecule has 4 rings (SSSR count). The molecule has 2 amide bonds. The fourth-order valence-electron chi connectivity index (χ4n) is 5.02. The first-order valence-electron chi connectivity index (χ1n) is 12.9. The molecule has 3 aromatic rings. The fourth-order valence-corrected chi connectivity index (χ4v) is 5.02. The number of carbonyl (C=O) groups excluding carboxylic acids is 2. The van der Waals surface area contributed by atoms with E-state index >= 15 is 0 Å². The molecule has 0 aliphatic carbocycles. The van der Waals surface area contributed by atoms with Crippen molar-refractivity contribution in [2.75, 3.05) is 31.5 Å². The standard InChI is InChI=1S/C27H33F3N6O2/c1-4-13-35(5-2)26(3)11-14-34(15-12-26)24(37)18-36-17-19-16-20(9-10-21(19)33-36)31-25(38)22-7-6-8-23(32-22)27(28,29)30/h6-10,16-17H,4-5,11-15,18H2,1-3H3,(H,31,38). The number of carbonyl (C=O) groups is 2. The van der Waals surface area contributed by atoms with Crippen LogP contribution in [0.5, 0.6) is 0 Å². The third-order valence-electron chi connectivity index (χ3n) is 7.21. The molecule has 8 nitrogen and oxygen atoms in total. The average molecular weight is 531 g/mol. The summed E-state index contributed by atoms with van der Waals surface area (Å²) in [6.07, 6.45) is 0.0426. The first-order valence-corrected chi connectivity index (χ1v) is 12.9. The van der Waals surface area contributed by atoms with Crippen LogP contribution in [0, 0.1) is 0 Å². The molecule has 1 aliphatic heterocycles. The number of benzene rings is 1. The number of aromatic nitrogens is 3. The average Bonchev–Trinajstić information content (AvgIpc) is 3.28. The number of hydrogen-bond donors (Lipinski definition) is 1. The number of fused-ring (bicyclic) bond motifs is 1. The zero-order valence-corrected chi connectivity index (χ0v) is 21.9. The van der Waals surface area contributed by atoms with Crippen molar-refractivity contribution in [2.24, 2.45) is 0 Å². The molecule has 1 N–H and O–H groups in total. The fraction of sp³-hybridized carbons (Fsp3) is 0.481. The summed E-state index contributed by atoms with van der Waals surface area (Å²) in [5.41, 5.74) is -0.344. The van der Waals surface area contributed by atoms with Gasteiger partial charge in [-0.3, -0.25) is 19.2 Å². The number of halogens is 3. The molecule has 1 fully saturated rings. The first-order chi connectivity index (χ1) is 18.0. The highest BCUT2D eigenvalue weighted by atomic mass is 19.4. The predicted molar refractivity (Wildman–Crippen MR) is 139 cm³/mol. The zero-order chi connectivity index (χ0) is 27.5. The van der Waals surface area contributed by atoms with E-state index in [1.54, 1.807) is 29.1 Å². The summed E-state index contributed by atoms with van der Waals surface area (Å²) in [6, 6.07) is 8.13. The number of amides is 2. The topological polar surface area (TPSA) is 83.4 Å². The minimum absolute atomic E-state index is 0.00235. The maximum absolute atomic E-state index is 13.0. The van der Waals surface area contributed by atoms with E-state index in [4.69, 9.17) is 0 Å². The van der Waals surface area contributed by atoms with Crippen molar-refractivity contribution in [1.29, 1.82) is 0 Å². The molecule has 11 heteroatoms. The highest BCUT2D eigenvalue weighted by molar-refractivity contribution is 6.03. The molecule has 0 radical (unpaired) electrons. The van der Waals surface area contributed by atoms with Crippen LogP contribution in [-0.2, 0) is 17.5 Å². The summed E-state index contributed by atoms with van der Waals surface area (Å²) in [4.78, 5) is 33.3. The molecule has 2 aromatic heterocycles. The Hall–Kier alpha value is -3.47. The minimum atomic E-state index is -4.64. The van der Waals surface area contributed by atoms with Gasteiger partial charge in [0.1, 0.15) is 17.9 Å². The van der Waals surface area contributed by atoms with Crippen LogP contribution >= 0.6 is 0 Å². The lowest BCUT2D eigenvalue weighted by Crippen LogP contribution is -2.55. The SMILES string of the molecule is CCCN(CC)C1(C)CCN(C(=O)Cn2cc3cc(NC(=O)c4cccc(C(F)(F)F)n4)ccc3n2)CC1. The summed E-state index contributed by atoms with van der Waals surface area (Å²) in [5, 5.41) is 7.74. The maximum Gasteiger partial charge on any atom is 0.433 e. The van der Waals surface area contributed by atoms with Gasteiger partial charge in [0.2, 0.25) is 5.91 Å². The van der Waals surface area contributed by atoms with E-state index < -0.39 is 17.8 Å². The normalized spacial score (nSPS) is 15.7. The van der Waals surface area contributed by atoms with Crippen LogP contribution in [0.25, 0.3) is 10.9 Å². The molecule has 1 aliphatic rings. The summed E-state index contributed by atoms with van der Waals surface area (Å²) in [5.74, 6) is -0.752. The van der Waals surface area contributed by atoms with E-state index in [-0.39, 0.29) is 23.7 Å². The monoisotopic (exact) mass is 530 g/mol. The highest BCUT2D eigenvalue weighted by Gasteiger charge is 2.36. The number of nitrogens with zero attached hydrogens (tertiary/aromatic N) is 5. The highest BCUT2D eigenvalue weighted by Crippen LogP contribution is 2.29. The maximum atomic E-state index is 13.0. The van der Waals surface area contributed by atoms with Gasteiger partial charge in [-0.1, -0.05) is 19.9 Å². The largest absolute Gasteiger partial charge is 0.433 e. The zero-order valence-electron chi connectivity index (χ0n) is 21.9. The number of nitrogens with one attached hydrogen (secondary N) is 1. The number of piperidine rings is 1. The molecule has 3 heterocycles. The lowest BCUT2D eigenvalue weighted by atomic mass is 9.87. The van der Waals surface area contributed by atoms with E-state index in [0.29, 0.717) is 29.7 Å². The van der Waals surface area contributed by atoms with Gasteiger partial charge in [0.15, 0.2) is 0 Å². The molecule has 0 saturated carbocycles. The Labute approximate surface area is 219 Å². The van der Waals surface area contributed by atoms with Gasteiger partial charge >= 0.3 is 6.18 Å². The van der Waals surface area contributed by atoms with Gasteiger partial charge in [-0.15, -0.1) is 0 Å². The van der Waals surface area contributed by atoms with Crippen LogP contribution in [0.4, 0.5) is 18.9 Å². The summed E-state index contributed by atoms with van der Waals surface area (Å²) >= 11 is 0. The van der Waals surface area contributed by atoms with Crippen molar-refractivity contribution < 1.29 is 22.8 Å². The van der Waals surface area contributed by atoms with Gasteiger partial charge in [0.25, 0.3) is 5.91 Å². The number of alkyl halides is 3. The van der Waals surface area contributed by atoms with Crippen molar-refractivity contribution in [1.82, 2.24) is 24.6 Å². The second-order valence-corrected chi connectivity index (χ2v) is 9.92. The van der Waals surface area contributed by atoms with Crippen molar-refractivity contribution in [3.8, 4) is 0 Å². The van der Waals surface area contributed by atoms with Crippen molar-refractivity contribution >= 4 is 28.4 Å². The van der Waals surface area contributed by atoms with E-state index in [0.717, 1.165) is 44.5 Å². The quantitative estimate of drug-likeness (QED) is 0.452. The third-order valence-corrected chi connectivity index (χ3v) is 7.21. The number of anilines is 1. The molecule has 38 heavy (non-hydrogen) atoms. The molecule has 1 saturated heterocycles. The number of pyridine rings is 1. The van der Waals surface area contributed by atoms with E-state index in [9.17, 15) is 22.8 Å². The van der Waals surface area contributed by atoms with Crippen LogP contribution in [0.3, 0.4) is 0 Å². The molecular weight excluding hydrogens is 497 g/mol. The molecule has 204 valence electrons. The lowest BCUT2D eigenvalue weighted by Gasteiger charge is -2.46. The summed E-state index contributed by atoms with van der Waals surface area (Å²) < 4.78 is 40.3. The van der Waals surface area contributed by atoms with E-state index in [1.807, 2.05) is 4.90 Å². The second kappa shape index (κ2) is 11.1. The Morgan fingerprint density at radius 3 is 2.53 bits per heavy atom. The van der Waals surface area contributed by atoms with Crippen molar-refractivity contribution in [3.63, 3.8) is 0 Å². The smallest absolute Gasteiger partial charge is 0.341 e. The van der Waals surface area contributed by atoms with E-state index in [2.05, 4.69) is 41.1 Å². The Kier molecular flexibility index (Phi) is 8.05. The van der Waals surface area contributed by atoms with Gasteiger partial charge in [-0.2, -0.15) is 18.3 Å². The number of likely N-dealkylation sites (tertiary alicyclic amines) is 1. The van der Waals surface area contributed by atoms with Crippen LogP contribution in [0.15, 0.2) is 42.6 Å². The lowest BCUT2D eigenvalue weighted by molar-refractivity contribution is -0.141. The van der Waals surface area contributed by atoms with Crippen LogP contribution in [-0.4, -0.2) is 68.1 Å². The van der Waals surface area contributed by atoms with Crippen LogP contribution in [0.1, 0.15) is 56.2 Å². The predicted octanol–water partition coefficient (Wildman–Crippen LogP) is 4.82. The van der Waals surface area contributed by atoms with Crippen LogP contribution in [0.2, 0.25) is 0 Å². The van der Waals surface area contributed by atoms with Gasteiger partial charge in [-0.05, 0) is 69.6 Å². The van der Waals surface area contributed by atoms with Crippen LogP contribution < -0.4 is 5.32 Å². The number of hydrogen-bond acceptors (Lipinski definition) is 5. The Bertz CT molecular complexity index is 1300. The first kappa shape index (κ1) is 27.6. The molecule has 0 spiro atoms. The van der Waals surface area contributed by atoms with Crippen molar-refractivity contribution in [2.45, 2.75) is 58.3 Å². The Balaban J connectivity index is 1.38.